The molecule has 1 aromatic rings. The molecule has 0 radical (unpaired) electrons. The number of carboxylic acids is 1. The molecule has 1 N–H and O–H groups in total. The standard InChI is InChI=1S/C11H13FO2/c1-7-3-4-9(5-8(7)2)6-10(12)11(13)14/h3-5,10H,6H2,1-2H3,(H,13,14). The summed E-state index contributed by atoms with van der Waals surface area (Å²) < 4.78 is 12.8. The molecule has 1 atom stereocenters. The highest BCUT2D eigenvalue weighted by Crippen LogP contribution is 2.12. The molecule has 0 aromatic heterocycles. The Balaban J connectivity index is 2.78. The summed E-state index contributed by atoms with van der Waals surface area (Å²) in [6.07, 6.45) is -1.87. The van der Waals surface area contributed by atoms with E-state index in [4.69, 9.17) is 5.11 Å². The number of carbonyl (C=O) groups is 1. The number of halogens is 1. The number of benzene rings is 1. The zero-order chi connectivity index (χ0) is 10.7. The lowest BCUT2D eigenvalue weighted by molar-refractivity contribution is -0.142. The van der Waals surface area contributed by atoms with Crippen molar-refractivity contribution in [2.45, 2.75) is 26.4 Å². The summed E-state index contributed by atoms with van der Waals surface area (Å²) in [5.41, 5.74) is 2.91. The van der Waals surface area contributed by atoms with E-state index in [2.05, 4.69) is 0 Å². The van der Waals surface area contributed by atoms with Crippen LogP contribution in [0, 0.1) is 13.8 Å². The van der Waals surface area contributed by atoms with Crippen molar-refractivity contribution in [1.29, 1.82) is 0 Å². The van der Waals surface area contributed by atoms with Crippen LogP contribution in [-0.2, 0) is 11.2 Å². The van der Waals surface area contributed by atoms with Crippen LogP contribution in [-0.4, -0.2) is 17.2 Å². The van der Waals surface area contributed by atoms with E-state index in [9.17, 15) is 9.18 Å². The van der Waals surface area contributed by atoms with Crippen LogP contribution in [0.1, 0.15) is 16.7 Å². The predicted octanol–water partition coefficient (Wildman–Crippen LogP) is 2.27. The monoisotopic (exact) mass is 196 g/mol. The Morgan fingerprint density at radius 3 is 2.57 bits per heavy atom. The maximum Gasteiger partial charge on any atom is 0.338 e. The molecule has 76 valence electrons. The van der Waals surface area contributed by atoms with Crippen LogP contribution in [0.3, 0.4) is 0 Å². The number of alkyl halides is 1. The van der Waals surface area contributed by atoms with Gasteiger partial charge in [0.25, 0.3) is 0 Å². The molecule has 0 spiro atoms. The minimum absolute atomic E-state index is 0.0591. The van der Waals surface area contributed by atoms with Crippen LogP contribution in [0.5, 0.6) is 0 Å². The Labute approximate surface area is 82.4 Å². The quantitative estimate of drug-likeness (QED) is 0.805. The molecule has 1 rings (SSSR count). The van der Waals surface area contributed by atoms with Crippen LogP contribution in [0.2, 0.25) is 0 Å². The lowest BCUT2D eigenvalue weighted by Crippen LogP contribution is -2.17. The number of rotatable bonds is 3. The molecule has 0 saturated heterocycles. The molecule has 0 fully saturated rings. The van der Waals surface area contributed by atoms with Crippen LogP contribution < -0.4 is 0 Å². The lowest BCUT2D eigenvalue weighted by Gasteiger charge is -2.06. The molecule has 1 unspecified atom stereocenters. The van der Waals surface area contributed by atoms with Gasteiger partial charge in [-0.15, -0.1) is 0 Å². The Bertz CT molecular complexity index is 347. The summed E-state index contributed by atoms with van der Waals surface area (Å²) in [5, 5.41) is 8.39. The maximum absolute atomic E-state index is 12.8. The van der Waals surface area contributed by atoms with Crippen molar-refractivity contribution in [3.8, 4) is 0 Å². The molecule has 0 amide bonds. The smallest absolute Gasteiger partial charge is 0.338 e. The fourth-order valence-electron chi connectivity index (χ4n) is 1.22. The zero-order valence-electron chi connectivity index (χ0n) is 8.25. The van der Waals surface area contributed by atoms with Crippen molar-refractivity contribution in [3.05, 3.63) is 34.9 Å². The number of hydrogen-bond acceptors (Lipinski definition) is 1. The second-order valence-electron chi connectivity index (χ2n) is 3.43. The summed E-state index contributed by atoms with van der Waals surface area (Å²) >= 11 is 0. The molecule has 2 nitrogen and oxygen atoms in total. The summed E-state index contributed by atoms with van der Waals surface area (Å²) in [6.45, 7) is 3.88. The van der Waals surface area contributed by atoms with Gasteiger partial charge in [0.05, 0.1) is 0 Å². The molecule has 0 aliphatic carbocycles. The fraction of sp³-hybridized carbons (Fsp3) is 0.364. The number of aryl methyl sites for hydroxylation is 2. The first-order valence-corrected chi connectivity index (χ1v) is 4.43. The Kier molecular flexibility index (Phi) is 3.23. The Hall–Kier alpha value is -1.38. The van der Waals surface area contributed by atoms with E-state index >= 15 is 0 Å². The number of hydrogen-bond donors (Lipinski definition) is 1. The highest BCUT2D eigenvalue weighted by molar-refractivity contribution is 5.72. The van der Waals surface area contributed by atoms with E-state index in [1.807, 2.05) is 26.0 Å². The van der Waals surface area contributed by atoms with E-state index < -0.39 is 12.1 Å². The van der Waals surface area contributed by atoms with Crippen molar-refractivity contribution in [1.82, 2.24) is 0 Å². The van der Waals surface area contributed by atoms with E-state index in [-0.39, 0.29) is 6.42 Å². The molecule has 3 heteroatoms. The van der Waals surface area contributed by atoms with Crippen molar-refractivity contribution in [3.63, 3.8) is 0 Å². The van der Waals surface area contributed by atoms with Gasteiger partial charge in [0.2, 0.25) is 6.17 Å². The maximum atomic E-state index is 12.8. The summed E-state index contributed by atoms with van der Waals surface area (Å²) in [6, 6.07) is 5.46. The van der Waals surface area contributed by atoms with Gasteiger partial charge in [-0.25, -0.2) is 9.18 Å². The molecule has 1 aromatic carbocycles. The average molecular weight is 196 g/mol. The largest absolute Gasteiger partial charge is 0.479 e. The van der Waals surface area contributed by atoms with Gasteiger partial charge in [0, 0.05) is 6.42 Å². The topological polar surface area (TPSA) is 37.3 Å². The van der Waals surface area contributed by atoms with Crippen molar-refractivity contribution < 1.29 is 14.3 Å². The van der Waals surface area contributed by atoms with Crippen LogP contribution in [0.4, 0.5) is 4.39 Å². The highest BCUT2D eigenvalue weighted by Gasteiger charge is 2.15. The van der Waals surface area contributed by atoms with Crippen LogP contribution in [0.15, 0.2) is 18.2 Å². The molecular weight excluding hydrogens is 183 g/mol. The Morgan fingerprint density at radius 2 is 2.07 bits per heavy atom. The second kappa shape index (κ2) is 4.22. The van der Waals surface area contributed by atoms with Crippen molar-refractivity contribution >= 4 is 5.97 Å². The first-order valence-electron chi connectivity index (χ1n) is 4.43. The van der Waals surface area contributed by atoms with Gasteiger partial charge in [-0.1, -0.05) is 18.2 Å². The molecule has 14 heavy (non-hydrogen) atoms. The van der Waals surface area contributed by atoms with Crippen molar-refractivity contribution in [2.24, 2.45) is 0 Å². The van der Waals surface area contributed by atoms with E-state index in [1.54, 1.807) is 6.07 Å². The molecule has 0 heterocycles. The molecule has 0 aliphatic rings. The van der Waals surface area contributed by atoms with Crippen LogP contribution in [0.25, 0.3) is 0 Å². The predicted molar refractivity (Wildman–Crippen MR) is 52.2 cm³/mol. The molecule has 0 aliphatic heterocycles. The minimum atomic E-state index is -1.81. The zero-order valence-corrected chi connectivity index (χ0v) is 8.25. The van der Waals surface area contributed by atoms with Gasteiger partial charge < -0.3 is 5.11 Å². The number of carboxylic acid groups (broad SMARTS) is 1. The lowest BCUT2D eigenvalue weighted by atomic mass is 10.0. The minimum Gasteiger partial charge on any atom is -0.479 e. The molecule has 0 bridgehead atoms. The summed E-state index contributed by atoms with van der Waals surface area (Å²) in [5.74, 6) is -1.40. The summed E-state index contributed by atoms with van der Waals surface area (Å²) in [7, 11) is 0. The highest BCUT2D eigenvalue weighted by atomic mass is 19.1. The van der Waals surface area contributed by atoms with E-state index in [0.717, 1.165) is 16.7 Å². The van der Waals surface area contributed by atoms with Gasteiger partial charge in [0.15, 0.2) is 0 Å². The van der Waals surface area contributed by atoms with E-state index in [0.29, 0.717) is 0 Å². The normalized spacial score (nSPS) is 12.5. The fourth-order valence-corrected chi connectivity index (χ4v) is 1.22. The number of aliphatic carboxylic acids is 1. The summed E-state index contributed by atoms with van der Waals surface area (Å²) in [4.78, 5) is 10.3. The third-order valence-electron chi connectivity index (χ3n) is 2.25. The van der Waals surface area contributed by atoms with E-state index in [1.165, 1.54) is 0 Å². The molecule has 0 saturated carbocycles. The Morgan fingerprint density at radius 1 is 1.43 bits per heavy atom. The van der Waals surface area contributed by atoms with Gasteiger partial charge >= 0.3 is 5.97 Å². The van der Waals surface area contributed by atoms with Gasteiger partial charge in [0.1, 0.15) is 0 Å². The van der Waals surface area contributed by atoms with Gasteiger partial charge in [-0.3, -0.25) is 0 Å². The van der Waals surface area contributed by atoms with Crippen LogP contribution >= 0.6 is 0 Å². The first-order chi connectivity index (χ1) is 6.50. The third kappa shape index (κ3) is 2.55. The molecular formula is C11H13FO2. The average Bonchev–Trinajstić information content (AvgIpc) is 2.11. The third-order valence-corrected chi connectivity index (χ3v) is 2.25. The SMILES string of the molecule is Cc1ccc(CC(F)C(=O)O)cc1C. The first kappa shape index (κ1) is 10.7. The van der Waals surface area contributed by atoms with Gasteiger partial charge in [-0.05, 0) is 30.5 Å². The van der Waals surface area contributed by atoms with Crippen molar-refractivity contribution in [2.75, 3.05) is 0 Å². The van der Waals surface area contributed by atoms with Gasteiger partial charge in [-0.2, -0.15) is 0 Å². The second-order valence-corrected chi connectivity index (χ2v) is 3.43.